The predicted octanol–water partition coefficient (Wildman–Crippen LogP) is 4.10. The van der Waals surface area contributed by atoms with Crippen LogP contribution in [0.3, 0.4) is 0 Å². The van der Waals surface area contributed by atoms with Crippen LogP contribution >= 0.6 is 0 Å². The summed E-state index contributed by atoms with van der Waals surface area (Å²) in [7, 11) is 0. The lowest BCUT2D eigenvalue weighted by atomic mass is 9.94. The van der Waals surface area contributed by atoms with Gasteiger partial charge in [-0.25, -0.2) is 4.79 Å². The number of rotatable bonds is 2. The van der Waals surface area contributed by atoms with Gasteiger partial charge >= 0.3 is 6.09 Å². The molecular formula is C20H23NO3. The molecule has 1 aliphatic heterocycles. The van der Waals surface area contributed by atoms with E-state index in [1.54, 1.807) is 4.90 Å². The minimum atomic E-state index is -0.502. The van der Waals surface area contributed by atoms with E-state index in [2.05, 4.69) is 0 Å². The summed E-state index contributed by atoms with van der Waals surface area (Å²) in [6.07, 6.45) is -0.292. The molecule has 0 saturated heterocycles. The van der Waals surface area contributed by atoms with Crippen molar-refractivity contribution in [2.75, 3.05) is 0 Å². The molecule has 126 valence electrons. The maximum atomic E-state index is 12.4. The third-order valence-electron chi connectivity index (χ3n) is 4.11. The van der Waals surface area contributed by atoms with Gasteiger partial charge in [0.2, 0.25) is 0 Å². The molecule has 1 heterocycles. The van der Waals surface area contributed by atoms with Crippen LogP contribution in [0.25, 0.3) is 11.1 Å². The summed E-state index contributed by atoms with van der Waals surface area (Å²) in [5, 5.41) is 9.61. The highest BCUT2D eigenvalue weighted by atomic mass is 16.6. The van der Waals surface area contributed by atoms with E-state index in [9.17, 15) is 9.90 Å². The minimum absolute atomic E-state index is 0.00434. The molecule has 0 aliphatic carbocycles. The third kappa shape index (κ3) is 3.29. The molecule has 3 rings (SSSR count). The number of benzene rings is 2. The van der Waals surface area contributed by atoms with Crippen molar-refractivity contribution in [1.82, 2.24) is 4.90 Å². The molecule has 0 atom stereocenters. The second kappa shape index (κ2) is 6.29. The summed E-state index contributed by atoms with van der Waals surface area (Å²) in [5.74, 6) is 0. The first-order valence-corrected chi connectivity index (χ1v) is 8.17. The first-order valence-electron chi connectivity index (χ1n) is 8.17. The Morgan fingerprint density at radius 2 is 1.79 bits per heavy atom. The number of ether oxygens (including phenoxy) is 1. The summed E-state index contributed by atoms with van der Waals surface area (Å²) in [6, 6.07) is 13.9. The highest BCUT2D eigenvalue weighted by molar-refractivity contribution is 5.75. The van der Waals surface area contributed by atoms with Crippen LogP contribution in [-0.4, -0.2) is 21.7 Å². The van der Waals surface area contributed by atoms with E-state index in [0.717, 1.165) is 27.8 Å². The zero-order valence-electron chi connectivity index (χ0n) is 14.4. The molecule has 0 aromatic heterocycles. The van der Waals surface area contributed by atoms with Crippen molar-refractivity contribution in [2.45, 2.75) is 46.1 Å². The van der Waals surface area contributed by atoms with Crippen LogP contribution in [-0.2, 0) is 24.4 Å². The summed E-state index contributed by atoms with van der Waals surface area (Å²) < 4.78 is 5.49. The van der Waals surface area contributed by atoms with Crippen LogP contribution in [0.2, 0.25) is 0 Å². The zero-order valence-corrected chi connectivity index (χ0v) is 14.4. The van der Waals surface area contributed by atoms with Crippen LogP contribution in [0.1, 0.15) is 37.5 Å². The van der Waals surface area contributed by atoms with Gasteiger partial charge in [0.15, 0.2) is 0 Å². The minimum Gasteiger partial charge on any atom is -0.444 e. The van der Waals surface area contributed by atoms with Crippen LogP contribution in [0.5, 0.6) is 0 Å². The van der Waals surface area contributed by atoms with E-state index in [-0.39, 0.29) is 12.7 Å². The molecule has 4 heteroatoms. The van der Waals surface area contributed by atoms with Gasteiger partial charge in [-0.3, -0.25) is 4.90 Å². The Balaban J connectivity index is 1.92. The number of amides is 1. The smallest absolute Gasteiger partial charge is 0.410 e. The molecule has 0 fully saturated rings. The maximum Gasteiger partial charge on any atom is 0.410 e. The van der Waals surface area contributed by atoms with Gasteiger partial charge in [0.25, 0.3) is 0 Å². The summed E-state index contributed by atoms with van der Waals surface area (Å²) in [6.45, 7) is 6.69. The second-order valence-corrected chi connectivity index (χ2v) is 7.09. The first kappa shape index (κ1) is 16.5. The predicted molar refractivity (Wildman–Crippen MR) is 93.3 cm³/mol. The number of fused-ring (bicyclic) bond motifs is 1. The van der Waals surface area contributed by atoms with Gasteiger partial charge in [0.1, 0.15) is 5.60 Å². The van der Waals surface area contributed by atoms with Crippen molar-refractivity contribution in [1.29, 1.82) is 0 Å². The molecule has 2 aromatic carbocycles. The van der Waals surface area contributed by atoms with Crippen molar-refractivity contribution in [3.8, 4) is 11.1 Å². The SMILES string of the molecule is CC(C)(C)OC(=O)N1Cc2cccc(-c3ccccc3CO)c2C1. The summed E-state index contributed by atoms with van der Waals surface area (Å²) >= 11 is 0. The molecule has 0 bridgehead atoms. The molecule has 0 unspecified atom stereocenters. The Kier molecular flexibility index (Phi) is 4.33. The van der Waals surface area contributed by atoms with Gasteiger partial charge in [0, 0.05) is 6.54 Å². The summed E-state index contributed by atoms with van der Waals surface area (Å²) in [4.78, 5) is 14.1. The normalized spacial score (nSPS) is 13.8. The van der Waals surface area contributed by atoms with Crippen LogP contribution in [0.4, 0.5) is 4.79 Å². The summed E-state index contributed by atoms with van der Waals surface area (Å²) in [5.41, 5.74) is 4.74. The van der Waals surface area contributed by atoms with Gasteiger partial charge in [-0.05, 0) is 48.6 Å². The standard InChI is InChI=1S/C20H23NO3/c1-20(2,3)24-19(23)21-11-14-8-6-10-17(18(14)12-21)16-9-5-4-7-15(16)13-22/h4-10,22H,11-13H2,1-3H3. The fourth-order valence-corrected chi connectivity index (χ4v) is 3.05. The third-order valence-corrected chi connectivity index (χ3v) is 4.11. The van der Waals surface area contributed by atoms with E-state index in [4.69, 9.17) is 4.74 Å². The molecule has 1 amide bonds. The fourth-order valence-electron chi connectivity index (χ4n) is 3.05. The van der Waals surface area contributed by atoms with Gasteiger partial charge in [-0.2, -0.15) is 0 Å². The number of hydrogen-bond donors (Lipinski definition) is 1. The largest absolute Gasteiger partial charge is 0.444 e. The van der Waals surface area contributed by atoms with Crippen molar-refractivity contribution in [2.24, 2.45) is 0 Å². The molecule has 0 saturated carbocycles. The van der Waals surface area contributed by atoms with E-state index < -0.39 is 5.60 Å². The topological polar surface area (TPSA) is 49.8 Å². The molecule has 1 aliphatic rings. The van der Waals surface area contributed by atoms with E-state index in [1.165, 1.54) is 0 Å². The Hall–Kier alpha value is -2.33. The lowest BCUT2D eigenvalue weighted by Crippen LogP contribution is -2.33. The van der Waals surface area contributed by atoms with Crippen LogP contribution in [0, 0.1) is 0 Å². The zero-order chi connectivity index (χ0) is 17.3. The van der Waals surface area contributed by atoms with E-state index in [1.807, 2.05) is 63.2 Å². The van der Waals surface area contributed by atoms with Crippen molar-refractivity contribution >= 4 is 6.09 Å². The number of nitrogens with zero attached hydrogens (tertiary/aromatic N) is 1. The van der Waals surface area contributed by atoms with E-state index in [0.29, 0.717) is 13.1 Å². The molecule has 0 spiro atoms. The Morgan fingerprint density at radius 3 is 2.50 bits per heavy atom. The van der Waals surface area contributed by atoms with Crippen LogP contribution in [0.15, 0.2) is 42.5 Å². The first-order chi connectivity index (χ1) is 11.4. The van der Waals surface area contributed by atoms with Gasteiger partial charge in [-0.15, -0.1) is 0 Å². The molecule has 0 radical (unpaired) electrons. The molecule has 2 aromatic rings. The highest BCUT2D eigenvalue weighted by Crippen LogP contribution is 2.35. The lowest BCUT2D eigenvalue weighted by Gasteiger charge is -2.24. The maximum absolute atomic E-state index is 12.4. The average Bonchev–Trinajstić information content (AvgIpc) is 2.97. The van der Waals surface area contributed by atoms with Gasteiger partial charge in [0.05, 0.1) is 13.2 Å². The number of carbonyl (C=O) groups excluding carboxylic acids is 1. The number of aliphatic hydroxyl groups is 1. The average molecular weight is 325 g/mol. The molecule has 24 heavy (non-hydrogen) atoms. The van der Waals surface area contributed by atoms with Gasteiger partial charge in [-0.1, -0.05) is 42.5 Å². The van der Waals surface area contributed by atoms with Crippen LogP contribution < -0.4 is 0 Å². The Morgan fingerprint density at radius 1 is 1.08 bits per heavy atom. The molecule has 1 N–H and O–H groups in total. The monoisotopic (exact) mass is 325 g/mol. The fraction of sp³-hybridized carbons (Fsp3) is 0.350. The Bertz CT molecular complexity index is 762. The quantitative estimate of drug-likeness (QED) is 0.904. The number of aliphatic hydroxyl groups excluding tert-OH is 1. The molecular weight excluding hydrogens is 302 g/mol. The van der Waals surface area contributed by atoms with Crippen molar-refractivity contribution < 1.29 is 14.6 Å². The highest BCUT2D eigenvalue weighted by Gasteiger charge is 2.29. The van der Waals surface area contributed by atoms with Gasteiger partial charge < -0.3 is 9.84 Å². The lowest BCUT2D eigenvalue weighted by molar-refractivity contribution is 0.0242. The van der Waals surface area contributed by atoms with Crippen molar-refractivity contribution in [3.05, 3.63) is 59.2 Å². The second-order valence-electron chi connectivity index (χ2n) is 7.09. The van der Waals surface area contributed by atoms with E-state index >= 15 is 0 Å². The number of hydrogen-bond acceptors (Lipinski definition) is 3. The van der Waals surface area contributed by atoms with Crippen molar-refractivity contribution in [3.63, 3.8) is 0 Å². The number of carbonyl (C=O) groups is 1. The molecule has 4 nitrogen and oxygen atoms in total. The Labute approximate surface area is 142 Å².